The Morgan fingerprint density at radius 1 is 1.32 bits per heavy atom. The van der Waals surface area contributed by atoms with Gasteiger partial charge in [0, 0.05) is 26.6 Å². The number of hydrogen-bond acceptors (Lipinski definition) is 4. The number of nitrogens with one attached hydrogen (secondary N) is 2. The van der Waals surface area contributed by atoms with E-state index in [1.165, 1.54) is 6.92 Å². The average Bonchev–Trinajstić information content (AvgIpc) is 2.39. The van der Waals surface area contributed by atoms with Crippen molar-refractivity contribution in [3.8, 4) is 5.75 Å². The first-order valence-corrected chi connectivity index (χ1v) is 6.49. The van der Waals surface area contributed by atoms with Crippen LogP contribution in [0.4, 0.5) is 0 Å². The Balaban J connectivity index is 2.28. The van der Waals surface area contributed by atoms with Crippen LogP contribution in [0.25, 0.3) is 0 Å². The van der Waals surface area contributed by atoms with Crippen molar-refractivity contribution >= 4 is 5.91 Å². The summed E-state index contributed by atoms with van der Waals surface area (Å²) in [5.74, 6) is 0.755. The molecule has 1 unspecified atom stereocenters. The Morgan fingerprint density at radius 3 is 2.58 bits per heavy atom. The molecular weight excluding hydrogens is 244 g/mol. The monoisotopic (exact) mass is 266 g/mol. The molecule has 106 valence electrons. The van der Waals surface area contributed by atoms with Gasteiger partial charge in [-0.3, -0.25) is 4.79 Å². The molecular formula is C14H22N2O3. The standard InChI is InChI=1S/C14H22N2O3/c1-3-19-13-6-4-12(5-7-13)14(18)10-15-8-9-16-11(2)17/h4-7,14-15,18H,3,8-10H2,1-2H3,(H,16,17). The van der Waals surface area contributed by atoms with Gasteiger partial charge in [0.25, 0.3) is 0 Å². The largest absolute Gasteiger partial charge is 0.494 e. The normalized spacial score (nSPS) is 11.9. The molecule has 0 aliphatic rings. The van der Waals surface area contributed by atoms with Crippen LogP contribution in [-0.2, 0) is 4.79 Å². The molecule has 3 N–H and O–H groups in total. The van der Waals surface area contributed by atoms with Crippen LogP contribution in [0.15, 0.2) is 24.3 Å². The van der Waals surface area contributed by atoms with Crippen molar-refractivity contribution in [2.45, 2.75) is 20.0 Å². The fourth-order valence-corrected chi connectivity index (χ4v) is 1.64. The zero-order chi connectivity index (χ0) is 14.1. The average molecular weight is 266 g/mol. The van der Waals surface area contributed by atoms with E-state index in [-0.39, 0.29) is 5.91 Å². The van der Waals surface area contributed by atoms with Crippen molar-refractivity contribution in [2.24, 2.45) is 0 Å². The number of carbonyl (C=O) groups excluding carboxylic acids is 1. The van der Waals surface area contributed by atoms with Gasteiger partial charge in [0.2, 0.25) is 5.91 Å². The summed E-state index contributed by atoms with van der Waals surface area (Å²) in [6.07, 6.45) is -0.562. The first-order chi connectivity index (χ1) is 9.13. The van der Waals surface area contributed by atoms with Crippen molar-refractivity contribution in [3.05, 3.63) is 29.8 Å². The van der Waals surface area contributed by atoms with E-state index in [2.05, 4.69) is 10.6 Å². The summed E-state index contributed by atoms with van der Waals surface area (Å²) in [5.41, 5.74) is 0.843. The number of amides is 1. The first-order valence-electron chi connectivity index (χ1n) is 6.49. The van der Waals surface area contributed by atoms with Crippen LogP contribution >= 0.6 is 0 Å². The van der Waals surface area contributed by atoms with Crippen molar-refractivity contribution in [1.29, 1.82) is 0 Å². The van der Waals surface area contributed by atoms with Crippen LogP contribution in [0.2, 0.25) is 0 Å². The van der Waals surface area contributed by atoms with Crippen molar-refractivity contribution in [2.75, 3.05) is 26.2 Å². The van der Waals surface area contributed by atoms with Crippen LogP contribution in [0.5, 0.6) is 5.75 Å². The summed E-state index contributed by atoms with van der Waals surface area (Å²) in [6, 6.07) is 7.40. The van der Waals surface area contributed by atoms with Crippen molar-refractivity contribution in [3.63, 3.8) is 0 Å². The fraction of sp³-hybridized carbons (Fsp3) is 0.500. The van der Waals surface area contributed by atoms with E-state index < -0.39 is 6.10 Å². The van der Waals surface area contributed by atoms with E-state index in [0.717, 1.165) is 11.3 Å². The second-order valence-corrected chi connectivity index (χ2v) is 4.20. The van der Waals surface area contributed by atoms with Gasteiger partial charge in [-0.2, -0.15) is 0 Å². The van der Waals surface area contributed by atoms with Gasteiger partial charge < -0.3 is 20.5 Å². The second-order valence-electron chi connectivity index (χ2n) is 4.20. The maximum atomic E-state index is 10.6. The Labute approximate surface area is 114 Å². The minimum Gasteiger partial charge on any atom is -0.494 e. The molecule has 0 fully saturated rings. The molecule has 1 aromatic carbocycles. The minimum absolute atomic E-state index is 0.0474. The van der Waals surface area contributed by atoms with E-state index in [0.29, 0.717) is 26.2 Å². The highest BCUT2D eigenvalue weighted by atomic mass is 16.5. The molecule has 0 heterocycles. The van der Waals surface area contributed by atoms with Gasteiger partial charge >= 0.3 is 0 Å². The quantitative estimate of drug-likeness (QED) is 0.610. The van der Waals surface area contributed by atoms with E-state index in [1.54, 1.807) is 0 Å². The lowest BCUT2D eigenvalue weighted by Crippen LogP contribution is -2.32. The van der Waals surface area contributed by atoms with Gasteiger partial charge in [-0.1, -0.05) is 12.1 Å². The number of aliphatic hydroxyl groups is 1. The van der Waals surface area contributed by atoms with Crippen LogP contribution < -0.4 is 15.4 Å². The molecule has 0 spiro atoms. The highest BCUT2D eigenvalue weighted by Gasteiger charge is 2.06. The van der Waals surface area contributed by atoms with Gasteiger partial charge in [-0.25, -0.2) is 0 Å². The number of benzene rings is 1. The maximum Gasteiger partial charge on any atom is 0.216 e. The molecule has 1 aromatic rings. The predicted molar refractivity (Wildman–Crippen MR) is 74.1 cm³/mol. The molecule has 5 heteroatoms. The highest BCUT2D eigenvalue weighted by molar-refractivity contribution is 5.72. The Morgan fingerprint density at radius 2 is 2.00 bits per heavy atom. The lowest BCUT2D eigenvalue weighted by atomic mass is 10.1. The molecule has 0 bridgehead atoms. The van der Waals surface area contributed by atoms with Crippen LogP contribution in [0.1, 0.15) is 25.5 Å². The summed E-state index contributed by atoms with van der Waals surface area (Å²) in [6.45, 7) is 5.69. The Hall–Kier alpha value is -1.59. The molecule has 5 nitrogen and oxygen atoms in total. The van der Waals surface area contributed by atoms with E-state index in [1.807, 2.05) is 31.2 Å². The van der Waals surface area contributed by atoms with E-state index in [4.69, 9.17) is 4.74 Å². The number of ether oxygens (including phenoxy) is 1. The van der Waals surface area contributed by atoms with Gasteiger partial charge in [0.15, 0.2) is 0 Å². The molecule has 1 rings (SSSR count). The molecule has 0 aliphatic heterocycles. The third-order valence-electron chi connectivity index (χ3n) is 2.59. The minimum atomic E-state index is -0.562. The number of rotatable bonds is 8. The summed E-state index contributed by atoms with van der Waals surface area (Å²) < 4.78 is 5.34. The van der Waals surface area contributed by atoms with Crippen LogP contribution in [0.3, 0.4) is 0 Å². The molecule has 0 saturated heterocycles. The molecule has 1 amide bonds. The number of carbonyl (C=O) groups is 1. The van der Waals surface area contributed by atoms with Crippen molar-refractivity contribution < 1.29 is 14.6 Å². The molecule has 0 radical (unpaired) electrons. The van der Waals surface area contributed by atoms with E-state index in [9.17, 15) is 9.90 Å². The molecule has 1 atom stereocenters. The van der Waals surface area contributed by atoms with E-state index >= 15 is 0 Å². The summed E-state index contributed by atoms with van der Waals surface area (Å²) in [7, 11) is 0. The molecule has 0 aliphatic carbocycles. The number of aliphatic hydroxyl groups excluding tert-OH is 1. The molecule has 0 saturated carbocycles. The lowest BCUT2D eigenvalue weighted by Gasteiger charge is -2.13. The van der Waals surface area contributed by atoms with Gasteiger partial charge in [-0.15, -0.1) is 0 Å². The molecule has 19 heavy (non-hydrogen) atoms. The summed E-state index contributed by atoms with van der Waals surface area (Å²) in [5, 5.41) is 15.7. The third kappa shape index (κ3) is 6.22. The fourth-order valence-electron chi connectivity index (χ4n) is 1.64. The Bertz CT molecular complexity index is 379. The smallest absolute Gasteiger partial charge is 0.216 e. The zero-order valence-electron chi connectivity index (χ0n) is 11.5. The van der Waals surface area contributed by atoms with Gasteiger partial charge in [0.1, 0.15) is 5.75 Å². The first kappa shape index (κ1) is 15.5. The number of hydrogen-bond donors (Lipinski definition) is 3. The van der Waals surface area contributed by atoms with Gasteiger partial charge in [0.05, 0.1) is 12.7 Å². The van der Waals surface area contributed by atoms with Crippen LogP contribution in [0, 0.1) is 0 Å². The highest BCUT2D eigenvalue weighted by Crippen LogP contribution is 2.17. The van der Waals surface area contributed by atoms with Crippen molar-refractivity contribution in [1.82, 2.24) is 10.6 Å². The topological polar surface area (TPSA) is 70.6 Å². The zero-order valence-corrected chi connectivity index (χ0v) is 11.5. The molecule has 0 aromatic heterocycles. The SMILES string of the molecule is CCOc1ccc(C(O)CNCCNC(C)=O)cc1. The predicted octanol–water partition coefficient (Wildman–Crippen LogP) is 0.844. The summed E-state index contributed by atoms with van der Waals surface area (Å²) >= 11 is 0. The van der Waals surface area contributed by atoms with Crippen LogP contribution in [-0.4, -0.2) is 37.3 Å². The third-order valence-corrected chi connectivity index (χ3v) is 2.59. The maximum absolute atomic E-state index is 10.6. The lowest BCUT2D eigenvalue weighted by molar-refractivity contribution is -0.118. The summed E-state index contributed by atoms with van der Waals surface area (Å²) in [4.78, 5) is 10.6. The Kier molecular flexibility index (Phi) is 6.92. The van der Waals surface area contributed by atoms with Gasteiger partial charge in [-0.05, 0) is 24.6 Å². The second kappa shape index (κ2) is 8.50.